The molecule has 190 valence electrons. The summed E-state index contributed by atoms with van der Waals surface area (Å²) in [7, 11) is 3.45. The summed E-state index contributed by atoms with van der Waals surface area (Å²) in [6.07, 6.45) is 3.36. The molecule has 1 atom stereocenters. The Labute approximate surface area is 224 Å². The van der Waals surface area contributed by atoms with Crippen LogP contribution in [0.4, 0.5) is 0 Å². The lowest BCUT2D eigenvalue weighted by Crippen LogP contribution is -2.22. The number of rotatable bonds is 10. The molecule has 37 heavy (non-hydrogen) atoms. The maximum absolute atomic E-state index is 12.1. The van der Waals surface area contributed by atoms with Gasteiger partial charge in [-0.2, -0.15) is 0 Å². The molecule has 0 bridgehead atoms. The highest BCUT2D eigenvalue weighted by Gasteiger charge is 2.19. The summed E-state index contributed by atoms with van der Waals surface area (Å²) in [5.74, 6) is 0.211. The lowest BCUT2D eigenvalue weighted by Gasteiger charge is -2.19. The van der Waals surface area contributed by atoms with Crippen molar-refractivity contribution >= 4 is 46.1 Å². The molecule has 4 rings (SSSR count). The second-order valence-corrected chi connectivity index (χ2v) is 10.3. The quantitative estimate of drug-likeness (QED) is 0.272. The first-order valence-electron chi connectivity index (χ1n) is 11.6. The van der Waals surface area contributed by atoms with Gasteiger partial charge in [0.15, 0.2) is 0 Å². The van der Waals surface area contributed by atoms with E-state index < -0.39 is 5.97 Å². The molecule has 2 heterocycles. The van der Waals surface area contributed by atoms with Crippen LogP contribution in [0, 0.1) is 0 Å². The number of aromatic carboxylic acids is 1. The van der Waals surface area contributed by atoms with Gasteiger partial charge >= 0.3 is 5.97 Å². The number of benzene rings is 2. The van der Waals surface area contributed by atoms with Crippen molar-refractivity contribution in [3.8, 4) is 5.75 Å². The van der Waals surface area contributed by atoms with E-state index in [0.717, 1.165) is 27.7 Å². The monoisotopic (exact) mass is 535 g/mol. The van der Waals surface area contributed by atoms with Crippen LogP contribution in [-0.2, 0) is 11.4 Å². The maximum atomic E-state index is 12.1. The Hall–Kier alpha value is -3.62. The van der Waals surface area contributed by atoms with Gasteiger partial charge < -0.3 is 14.7 Å². The van der Waals surface area contributed by atoms with Crippen molar-refractivity contribution < 1.29 is 19.4 Å². The second kappa shape index (κ2) is 12.1. The Morgan fingerprint density at radius 3 is 2.65 bits per heavy atom. The van der Waals surface area contributed by atoms with E-state index in [1.807, 2.05) is 54.6 Å². The number of pyridine rings is 2. The molecule has 1 unspecified atom stereocenters. The van der Waals surface area contributed by atoms with E-state index in [-0.39, 0.29) is 23.3 Å². The van der Waals surface area contributed by atoms with Crippen molar-refractivity contribution in [1.82, 2.24) is 14.9 Å². The van der Waals surface area contributed by atoms with E-state index in [0.29, 0.717) is 22.9 Å². The van der Waals surface area contributed by atoms with Crippen LogP contribution in [0.1, 0.15) is 38.8 Å². The molecule has 1 amide bonds. The van der Waals surface area contributed by atoms with E-state index in [4.69, 9.17) is 16.3 Å². The smallest absolute Gasteiger partial charge is 0.337 e. The summed E-state index contributed by atoms with van der Waals surface area (Å²) in [5.41, 5.74) is 3.35. The average molecular weight is 536 g/mol. The predicted molar refractivity (Wildman–Crippen MR) is 146 cm³/mol. The number of carboxylic acids is 1. The SMILES string of the molecule is CN(C)C(=O)CCSC(c1cccc(OCc2ccc3ccc(Cl)cc3n2)c1)c1cncc(C(=O)O)c1. The first kappa shape index (κ1) is 26.4. The van der Waals surface area contributed by atoms with E-state index >= 15 is 0 Å². The number of halogens is 1. The first-order valence-corrected chi connectivity index (χ1v) is 13.0. The largest absolute Gasteiger partial charge is 0.487 e. The average Bonchev–Trinajstić information content (AvgIpc) is 2.89. The minimum atomic E-state index is -1.04. The van der Waals surface area contributed by atoms with Gasteiger partial charge in [-0.15, -0.1) is 11.8 Å². The Morgan fingerprint density at radius 1 is 1.05 bits per heavy atom. The Bertz CT molecular complexity index is 1430. The van der Waals surface area contributed by atoms with Gasteiger partial charge in [0.05, 0.1) is 22.0 Å². The van der Waals surface area contributed by atoms with Gasteiger partial charge in [0.2, 0.25) is 5.91 Å². The number of fused-ring (bicyclic) bond motifs is 1. The minimum Gasteiger partial charge on any atom is -0.487 e. The standard InChI is InChI=1S/C28H26ClN3O4S/c1-32(2)26(33)10-11-37-27(20-12-21(28(34)35)16-30-15-20)19-4-3-5-24(13-19)36-17-23-9-7-18-6-8-22(29)14-25(18)31-23/h3-9,12-16,27H,10-11,17H2,1-2H3,(H,34,35). The molecule has 1 N–H and O–H groups in total. The molecule has 0 spiro atoms. The van der Waals surface area contributed by atoms with Gasteiger partial charge in [-0.25, -0.2) is 9.78 Å². The number of hydrogen-bond acceptors (Lipinski definition) is 6. The molecule has 4 aromatic rings. The van der Waals surface area contributed by atoms with E-state index in [1.54, 1.807) is 43.0 Å². The highest BCUT2D eigenvalue weighted by atomic mass is 35.5. The fourth-order valence-corrected chi connectivity index (χ4v) is 5.08. The molecule has 2 aromatic heterocycles. The van der Waals surface area contributed by atoms with Gasteiger partial charge in [-0.1, -0.05) is 35.9 Å². The molecular weight excluding hydrogens is 510 g/mol. The zero-order valence-electron chi connectivity index (χ0n) is 20.4. The molecule has 0 aliphatic rings. The Morgan fingerprint density at radius 2 is 1.86 bits per heavy atom. The van der Waals surface area contributed by atoms with Crippen LogP contribution in [0.3, 0.4) is 0 Å². The molecule has 0 aliphatic heterocycles. The topological polar surface area (TPSA) is 92.6 Å². The van der Waals surface area contributed by atoms with E-state index in [1.165, 1.54) is 6.20 Å². The lowest BCUT2D eigenvalue weighted by atomic mass is 10.0. The molecule has 9 heteroatoms. The van der Waals surface area contributed by atoms with Crippen LogP contribution >= 0.6 is 23.4 Å². The number of hydrogen-bond donors (Lipinski definition) is 1. The summed E-state index contributed by atoms with van der Waals surface area (Å²) in [6, 6.07) is 18.8. The summed E-state index contributed by atoms with van der Waals surface area (Å²) in [6.45, 7) is 0.275. The third kappa shape index (κ3) is 6.99. The molecule has 2 aromatic carbocycles. The van der Waals surface area contributed by atoms with Gasteiger partial charge in [0.25, 0.3) is 0 Å². The van der Waals surface area contributed by atoms with Crippen molar-refractivity contribution in [2.24, 2.45) is 0 Å². The molecule has 7 nitrogen and oxygen atoms in total. The maximum Gasteiger partial charge on any atom is 0.337 e. The number of carboxylic acid groups (broad SMARTS) is 1. The van der Waals surface area contributed by atoms with Gasteiger partial charge in [0.1, 0.15) is 12.4 Å². The fourth-order valence-electron chi connectivity index (χ4n) is 3.73. The minimum absolute atomic E-state index is 0.0323. The van der Waals surface area contributed by atoms with Crippen molar-refractivity contribution in [3.05, 3.63) is 100 Å². The number of carbonyl (C=O) groups excluding carboxylic acids is 1. The highest BCUT2D eigenvalue weighted by Crippen LogP contribution is 2.37. The predicted octanol–water partition coefficient (Wildman–Crippen LogP) is 5.86. The molecule has 0 fully saturated rings. The van der Waals surface area contributed by atoms with Crippen molar-refractivity contribution in [2.45, 2.75) is 18.3 Å². The number of nitrogens with zero attached hydrogens (tertiary/aromatic N) is 3. The van der Waals surface area contributed by atoms with Crippen LogP contribution < -0.4 is 4.74 Å². The molecule has 0 radical (unpaired) electrons. The molecule has 0 saturated heterocycles. The molecule has 0 saturated carbocycles. The normalized spacial score (nSPS) is 11.8. The molecule has 0 aliphatic carbocycles. The summed E-state index contributed by atoms with van der Waals surface area (Å²) in [5, 5.41) is 10.8. The number of thioether (sulfide) groups is 1. The van der Waals surface area contributed by atoms with Gasteiger partial charge in [0, 0.05) is 49.1 Å². The van der Waals surface area contributed by atoms with Crippen LogP contribution in [0.15, 0.2) is 73.1 Å². The Balaban J connectivity index is 1.55. The number of aromatic nitrogens is 2. The number of carbonyl (C=O) groups is 2. The summed E-state index contributed by atoms with van der Waals surface area (Å²) < 4.78 is 6.06. The van der Waals surface area contributed by atoms with Crippen molar-refractivity contribution in [2.75, 3.05) is 19.8 Å². The molecular formula is C28H26ClN3O4S. The van der Waals surface area contributed by atoms with Crippen LogP contribution in [0.5, 0.6) is 5.75 Å². The van der Waals surface area contributed by atoms with Gasteiger partial charge in [-0.05, 0) is 47.5 Å². The zero-order valence-corrected chi connectivity index (χ0v) is 22.0. The lowest BCUT2D eigenvalue weighted by molar-refractivity contribution is -0.128. The number of ether oxygens (including phenoxy) is 1. The van der Waals surface area contributed by atoms with Gasteiger partial charge in [-0.3, -0.25) is 9.78 Å². The highest BCUT2D eigenvalue weighted by molar-refractivity contribution is 7.99. The van der Waals surface area contributed by atoms with Crippen molar-refractivity contribution in [1.29, 1.82) is 0 Å². The summed E-state index contributed by atoms with van der Waals surface area (Å²) >= 11 is 7.67. The van der Waals surface area contributed by atoms with Crippen LogP contribution in [0.25, 0.3) is 10.9 Å². The summed E-state index contributed by atoms with van der Waals surface area (Å²) in [4.78, 5) is 34.0. The first-order chi connectivity index (χ1) is 17.8. The second-order valence-electron chi connectivity index (χ2n) is 8.60. The third-order valence-corrected chi connectivity index (χ3v) is 7.22. The number of amides is 1. The van der Waals surface area contributed by atoms with E-state index in [9.17, 15) is 14.7 Å². The Kier molecular flexibility index (Phi) is 8.63. The zero-order chi connectivity index (χ0) is 26.4. The third-order valence-electron chi connectivity index (χ3n) is 5.67. The van der Waals surface area contributed by atoms with Crippen molar-refractivity contribution in [3.63, 3.8) is 0 Å². The fraction of sp³-hybridized carbons (Fsp3) is 0.214. The van der Waals surface area contributed by atoms with Crippen LogP contribution in [-0.4, -0.2) is 51.7 Å². The van der Waals surface area contributed by atoms with E-state index in [2.05, 4.69) is 9.97 Å². The van der Waals surface area contributed by atoms with Crippen LogP contribution in [0.2, 0.25) is 5.02 Å².